The average molecular weight is 317 g/mol. The van der Waals surface area contributed by atoms with E-state index in [2.05, 4.69) is 5.32 Å². The van der Waals surface area contributed by atoms with Gasteiger partial charge in [-0.1, -0.05) is 35.9 Å². The van der Waals surface area contributed by atoms with Gasteiger partial charge in [-0.15, -0.1) is 0 Å². The van der Waals surface area contributed by atoms with E-state index in [9.17, 15) is 14.3 Å². The van der Waals surface area contributed by atoms with Gasteiger partial charge in [-0.25, -0.2) is 4.39 Å². The number of ether oxygens (including phenoxy) is 1. The predicted octanol–water partition coefficient (Wildman–Crippen LogP) is 2.67. The Hall–Kier alpha value is -2.40. The number of benzene rings is 2. The lowest BCUT2D eigenvalue weighted by Gasteiger charge is -2.14. The van der Waals surface area contributed by atoms with E-state index in [4.69, 9.17) is 4.74 Å². The second-order valence-electron chi connectivity index (χ2n) is 5.40. The van der Waals surface area contributed by atoms with Crippen LogP contribution >= 0.6 is 0 Å². The van der Waals surface area contributed by atoms with Crippen molar-refractivity contribution in [2.45, 2.75) is 20.0 Å². The molecule has 2 aromatic carbocycles. The van der Waals surface area contributed by atoms with Crippen LogP contribution in [0.5, 0.6) is 5.75 Å². The van der Waals surface area contributed by atoms with Crippen molar-refractivity contribution in [3.63, 3.8) is 0 Å². The van der Waals surface area contributed by atoms with Crippen LogP contribution in [0.15, 0.2) is 42.5 Å². The molecule has 1 atom stereocenters. The van der Waals surface area contributed by atoms with Crippen LogP contribution in [-0.2, 0) is 4.79 Å². The Kier molecular flexibility index (Phi) is 5.71. The molecule has 2 N–H and O–H groups in total. The molecule has 2 rings (SSSR count). The molecule has 0 heterocycles. The van der Waals surface area contributed by atoms with E-state index in [1.54, 1.807) is 12.1 Å². The summed E-state index contributed by atoms with van der Waals surface area (Å²) in [6.45, 7) is 3.65. The monoisotopic (exact) mass is 317 g/mol. The zero-order valence-corrected chi connectivity index (χ0v) is 13.2. The summed E-state index contributed by atoms with van der Waals surface area (Å²) in [6.07, 6.45) is -1.10. The van der Waals surface area contributed by atoms with Crippen LogP contribution in [0.2, 0.25) is 0 Å². The van der Waals surface area contributed by atoms with Crippen LogP contribution in [0.3, 0.4) is 0 Å². The Morgan fingerprint density at radius 3 is 2.70 bits per heavy atom. The number of hydrogen-bond donors (Lipinski definition) is 2. The molecular weight excluding hydrogens is 297 g/mol. The van der Waals surface area contributed by atoms with Gasteiger partial charge in [0.2, 0.25) is 0 Å². The number of carbonyl (C=O) groups excluding carboxylic acids is 1. The minimum atomic E-state index is -1.10. The van der Waals surface area contributed by atoms with Gasteiger partial charge in [0.15, 0.2) is 6.61 Å². The lowest BCUT2D eigenvalue weighted by molar-refractivity contribution is -0.123. The fourth-order valence-electron chi connectivity index (χ4n) is 2.22. The van der Waals surface area contributed by atoms with Gasteiger partial charge < -0.3 is 15.2 Å². The second kappa shape index (κ2) is 7.74. The van der Waals surface area contributed by atoms with E-state index in [1.807, 2.05) is 32.0 Å². The average Bonchev–Trinajstić information content (AvgIpc) is 2.52. The molecule has 0 aliphatic rings. The molecule has 4 nitrogen and oxygen atoms in total. The predicted molar refractivity (Wildman–Crippen MR) is 85.8 cm³/mol. The second-order valence-corrected chi connectivity index (χ2v) is 5.40. The van der Waals surface area contributed by atoms with Gasteiger partial charge in [0.05, 0.1) is 6.10 Å². The van der Waals surface area contributed by atoms with Gasteiger partial charge in [-0.05, 0) is 31.5 Å². The van der Waals surface area contributed by atoms with Crippen molar-refractivity contribution >= 4 is 5.91 Å². The first-order chi connectivity index (χ1) is 11.0. The van der Waals surface area contributed by atoms with Crippen molar-refractivity contribution in [3.05, 3.63) is 65.0 Å². The zero-order chi connectivity index (χ0) is 16.8. The zero-order valence-electron chi connectivity index (χ0n) is 13.2. The molecule has 0 radical (unpaired) electrons. The molecule has 5 heteroatoms. The number of nitrogens with one attached hydrogen (secondary N) is 1. The highest BCUT2D eigenvalue weighted by molar-refractivity contribution is 5.77. The largest absolute Gasteiger partial charge is 0.484 e. The van der Waals surface area contributed by atoms with Gasteiger partial charge >= 0.3 is 0 Å². The summed E-state index contributed by atoms with van der Waals surface area (Å²) in [5.41, 5.74) is 2.22. The van der Waals surface area contributed by atoms with Gasteiger partial charge in [0, 0.05) is 12.1 Å². The Morgan fingerprint density at radius 2 is 2.00 bits per heavy atom. The maximum absolute atomic E-state index is 13.5. The van der Waals surface area contributed by atoms with Crippen molar-refractivity contribution in [3.8, 4) is 5.75 Å². The first kappa shape index (κ1) is 17.0. The summed E-state index contributed by atoms with van der Waals surface area (Å²) < 4.78 is 19.0. The first-order valence-corrected chi connectivity index (χ1v) is 7.36. The maximum atomic E-state index is 13.5. The number of carbonyl (C=O) groups is 1. The number of aliphatic hydroxyl groups excluding tert-OH is 1. The molecule has 0 fully saturated rings. The molecule has 2 aromatic rings. The Bertz CT molecular complexity index is 688. The minimum absolute atomic E-state index is 0.0734. The first-order valence-electron chi connectivity index (χ1n) is 7.36. The lowest BCUT2D eigenvalue weighted by atomic mass is 10.1. The summed E-state index contributed by atoms with van der Waals surface area (Å²) in [4.78, 5) is 11.8. The highest BCUT2D eigenvalue weighted by Gasteiger charge is 2.13. The third-order valence-corrected chi connectivity index (χ3v) is 3.45. The minimum Gasteiger partial charge on any atom is -0.484 e. The normalized spacial score (nSPS) is 11.8. The van der Waals surface area contributed by atoms with Gasteiger partial charge in [0.25, 0.3) is 5.91 Å². The molecule has 0 aromatic heterocycles. The van der Waals surface area contributed by atoms with E-state index in [-0.39, 0.29) is 24.6 Å². The third kappa shape index (κ3) is 4.79. The molecule has 122 valence electrons. The van der Waals surface area contributed by atoms with Crippen molar-refractivity contribution in [2.24, 2.45) is 0 Å². The molecule has 0 bridgehead atoms. The third-order valence-electron chi connectivity index (χ3n) is 3.45. The lowest BCUT2D eigenvalue weighted by Crippen LogP contribution is -2.32. The molecule has 1 unspecified atom stereocenters. The standard InChI is InChI=1S/C18H20FNO3/c1-12-7-8-17(13(2)9-12)23-11-18(22)20-10-16(21)14-5-3-4-6-15(14)19/h3-9,16,21H,10-11H2,1-2H3,(H,20,22). The van der Waals surface area contributed by atoms with E-state index >= 15 is 0 Å². The van der Waals surface area contributed by atoms with Crippen LogP contribution in [0, 0.1) is 19.7 Å². The highest BCUT2D eigenvalue weighted by Crippen LogP contribution is 2.18. The molecule has 0 saturated heterocycles. The van der Waals surface area contributed by atoms with Crippen molar-refractivity contribution in [1.82, 2.24) is 5.32 Å². The van der Waals surface area contributed by atoms with Crippen LogP contribution in [0.4, 0.5) is 4.39 Å². The van der Waals surface area contributed by atoms with E-state index in [0.29, 0.717) is 5.75 Å². The molecule has 23 heavy (non-hydrogen) atoms. The fourth-order valence-corrected chi connectivity index (χ4v) is 2.22. The van der Waals surface area contributed by atoms with Crippen LogP contribution < -0.4 is 10.1 Å². The summed E-state index contributed by atoms with van der Waals surface area (Å²) in [7, 11) is 0. The van der Waals surface area contributed by atoms with Crippen LogP contribution in [-0.4, -0.2) is 24.2 Å². The number of hydrogen-bond acceptors (Lipinski definition) is 3. The Balaban J connectivity index is 1.82. The van der Waals surface area contributed by atoms with Gasteiger partial charge in [-0.2, -0.15) is 0 Å². The molecule has 1 amide bonds. The summed E-state index contributed by atoms with van der Waals surface area (Å²) in [6, 6.07) is 11.6. The molecule has 0 aliphatic heterocycles. The Labute approximate surface area is 134 Å². The van der Waals surface area contributed by atoms with Crippen molar-refractivity contribution < 1.29 is 19.0 Å². The number of rotatable bonds is 6. The highest BCUT2D eigenvalue weighted by atomic mass is 19.1. The summed E-state index contributed by atoms with van der Waals surface area (Å²) >= 11 is 0. The van der Waals surface area contributed by atoms with Gasteiger partial charge in [0.1, 0.15) is 11.6 Å². The van der Waals surface area contributed by atoms with E-state index in [0.717, 1.165) is 11.1 Å². The summed E-state index contributed by atoms with van der Waals surface area (Å²) in [5.74, 6) is -0.235. The maximum Gasteiger partial charge on any atom is 0.258 e. The number of halogens is 1. The van der Waals surface area contributed by atoms with Crippen LogP contribution in [0.25, 0.3) is 0 Å². The molecule has 0 aliphatic carbocycles. The summed E-state index contributed by atoms with van der Waals surface area (Å²) in [5, 5.41) is 12.4. The molecular formula is C18H20FNO3. The number of aliphatic hydroxyl groups is 1. The quantitative estimate of drug-likeness (QED) is 0.861. The number of aryl methyl sites for hydroxylation is 2. The van der Waals surface area contributed by atoms with Crippen molar-refractivity contribution in [1.29, 1.82) is 0 Å². The number of amides is 1. The van der Waals surface area contributed by atoms with Crippen LogP contribution in [0.1, 0.15) is 22.8 Å². The SMILES string of the molecule is Cc1ccc(OCC(=O)NCC(O)c2ccccc2F)c(C)c1. The smallest absolute Gasteiger partial charge is 0.258 e. The molecule has 0 saturated carbocycles. The fraction of sp³-hybridized carbons (Fsp3) is 0.278. The van der Waals surface area contributed by atoms with Gasteiger partial charge in [-0.3, -0.25) is 4.79 Å². The van der Waals surface area contributed by atoms with Crippen molar-refractivity contribution in [2.75, 3.05) is 13.2 Å². The van der Waals surface area contributed by atoms with E-state index < -0.39 is 11.9 Å². The topological polar surface area (TPSA) is 58.6 Å². The Morgan fingerprint density at radius 1 is 1.26 bits per heavy atom. The van der Waals surface area contributed by atoms with E-state index in [1.165, 1.54) is 12.1 Å². The molecule has 0 spiro atoms.